The van der Waals surface area contributed by atoms with Gasteiger partial charge in [-0.15, -0.1) is 0 Å². The smallest absolute Gasteiger partial charge is 0.278 e. The van der Waals surface area contributed by atoms with E-state index in [1.54, 1.807) is 43.5 Å². The number of para-hydroxylation sites is 3. The Morgan fingerprint density at radius 3 is 2.18 bits per heavy atom. The Morgan fingerprint density at radius 1 is 0.857 bits per heavy atom. The van der Waals surface area contributed by atoms with E-state index >= 15 is 0 Å². The first kappa shape index (κ1) is 19.4. The van der Waals surface area contributed by atoms with Crippen molar-refractivity contribution >= 4 is 23.1 Å². The van der Waals surface area contributed by atoms with Gasteiger partial charge in [0, 0.05) is 12.7 Å². The molecule has 0 atom stereocenters. The molecule has 0 unspecified atom stereocenters. The summed E-state index contributed by atoms with van der Waals surface area (Å²) >= 11 is 0. The Morgan fingerprint density at radius 2 is 1.50 bits per heavy atom. The number of nitrogens with one attached hydrogen (secondary N) is 1. The Labute approximate surface area is 163 Å². The zero-order valence-corrected chi connectivity index (χ0v) is 16.0. The molecule has 7 nitrogen and oxygen atoms in total. The van der Waals surface area contributed by atoms with E-state index in [9.17, 15) is 9.59 Å². The summed E-state index contributed by atoms with van der Waals surface area (Å²) in [5.41, 5.74) is 1.56. The first-order valence-electron chi connectivity index (χ1n) is 8.75. The molecule has 28 heavy (non-hydrogen) atoms. The minimum absolute atomic E-state index is 0.157. The van der Waals surface area contributed by atoms with E-state index in [-0.39, 0.29) is 24.4 Å². The van der Waals surface area contributed by atoms with Crippen molar-refractivity contribution in [3.8, 4) is 11.5 Å². The zero-order chi connectivity index (χ0) is 20.1. The van der Waals surface area contributed by atoms with Gasteiger partial charge >= 0.3 is 0 Å². The quantitative estimate of drug-likeness (QED) is 0.707. The number of ether oxygens (including phenoxy) is 3. The van der Waals surface area contributed by atoms with Gasteiger partial charge in [0.05, 0.1) is 38.6 Å². The predicted molar refractivity (Wildman–Crippen MR) is 105 cm³/mol. The molecule has 0 radical (unpaired) electrons. The van der Waals surface area contributed by atoms with E-state index in [1.807, 2.05) is 12.1 Å². The molecule has 2 amide bonds. The molecule has 1 N–H and O–H groups in total. The van der Waals surface area contributed by atoms with Crippen LogP contribution in [0.1, 0.15) is 5.56 Å². The van der Waals surface area contributed by atoms with E-state index in [2.05, 4.69) is 5.32 Å². The van der Waals surface area contributed by atoms with Crippen LogP contribution in [-0.2, 0) is 14.3 Å². The van der Waals surface area contributed by atoms with Crippen molar-refractivity contribution in [1.82, 2.24) is 4.90 Å². The molecule has 7 heteroatoms. The average Bonchev–Trinajstić information content (AvgIpc) is 2.96. The lowest BCUT2D eigenvalue weighted by atomic mass is 10.0. The van der Waals surface area contributed by atoms with Crippen LogP contribution >= 0.6 is 0 Å². The summed E-state index contributed by atoms with van der Waals surface area (Å²) in [6.45, 7) is 0.405. The number of amides is 2. The van der Waals surface area contributed by atoms with Gasteiger partial charge in [-0.3, -0.25) is 14.5 Å². The molecular weight excluding hydrogens is 360 g/mol. The minimum atomic E-state index is -0.422. The fourth-order valence-corrected chi connectivity index (χ4v) is 3.06. The van der Waals surface area contributed by atoms with Crippen LogP contribution in [0.4, 0.5) is 5.69 Å². The zero-order valence-electron chi connectivity index (χ0n) is 16.0. The molecule has 1 heterocycles. The average molecular weight is 382 g/mol. The van der Waals surface area contributed by atoms with Crippen LogP contribution in [0, 0.1) is 0 Å². The number of hydrogen-bond acceptors (Lipinski definition) is 6. The van der Waals surface area contributed by atoms with Crippen LogP contribution in [0.3, 0.4) is 0 Å². The van der Waals surface area contributed by atoms with E-state index in [4.69, 9.17) is 14.2 Å². The number of rotatable bonds is 8. The molecule has 0 saturated heterocycles. The second kappa shape index (κ2) is 8.58. The summed E-state index contributed by atoms with van der Waals surface area (Å²) in [7, 11) is 4.59. The summed E-state index contributed by atoms with van der Waals surface area (Å²) in [6, 6.07) is 14.3. The van der Waals surface area contributed by atoms with Crippen molar-refractivity contribution in [2.45, 2.75) is 0 Å². The van der Waals surface area contributed by atoms with Crippen LogP contribution in [0.2, 0.25) is 0 Å². The fraction of sp³-hybridized carbons (Fsp3) is 0.238. The third-order valence-corrected chi connectivity index (χ3v) is 4.43. The first-order chi connectivity index (χ1) is 13.6. The predicted octanol–water partition coefficient (Wildman–Crippen LogP) is 2.54. The topological polar surface area (TPSA) is 77.1 Å². The number of nitrogens with zero attached hydrogens (tertiary/aromatic N) is 1. The van der Waals surface area contributed by atoms with Crippen LogP contribution in [-0.4, -0.2) is 51.2 Å². The molecule has 0 fully saturated rings. The van der Waals surface area contributed by atoms with Gasteiger partial charge in [-0.1, -0.05) is 30.3 Å². The highest BCUT2D eigenvalue weighted by Gasteiger charge is 2.40. The van der Waals surface area contributed by atoms with Crippen molar-refractivity contribution in [2.75, 3.05) is 39.8 Å². The Balaban J connectivity index is 2.11. The van der Waals surface area contributed by atoms with Gasteiger partial charge in [-0.2, -0.15) is 0 Å². The Bertz CT molecular complexity index is 923. The Kier molecular flexibility index (Phi) is 5.96. The van der Waals surface area contributed by atoms with Crippen LogP contribution in [0.15, 0.2) is 54.2 Å². The number of anilines is 1. The van der Waals surface area contributed by atoms with Crippen molar-refractivity contribution in [3.63, 3.8) is 0 Å². The van der Waals surface area contributed by atoms with Crippen LogP contribution in [0.25, 0.3) is 5.57 Å². The number of benzene rings is 2. The van der Waals surface area contributed by atoms with E-state index in [0.717, 1.165) is 0 Å². The maximum atomic E-state index is 13.1. The van der Waals surface area contributed by atoms with Gasteiger partial charge < -0.3 is 19.5 Å². The second-order valence-electron chi connectivity index (χ2n) is 6.03. The lowest BCUT2D eigenvalue weighted by Crippen LogP contribution is -2.35. The van der Waals surface area contributed by atoms with Crippen LogP contribution in [0.5, 0.6) is 11.5 Å². The highest BCUT2D eigenvalue weighted by molar-refractivity contribution is 6.37. The van der Waals surface area contributed by atoms with E-state index in [0.29, 0.717) is 22.7 Å². The summed E-state index contributed by atoms with van der Waals surface area (Å²) in [6.07, 6.45) is 0. The fourth-order valence-electron chi connectivity index (χ4n) is 3.06. The number of hydrogen-bond donors (Lipinski definition) is 1. The third-order valence-electron chi connectivity index (χ3n) is 4.43. The largest absolute Gasteiger partial charge is 0.496 e. The lowest BCUT2D eigenvalue weighted by Gasteiger charge is -2.15. The number of imide groups is 1. The maximum absolute atomic E-state index is 13.1. The van der Waals surface area contributed by atoms with Gasteiger partial charge in [0.1, 0.15) is 17.2 Å². The first-order valence-corrected chi connectivity index (χ1v) is 8.75. The molecule has 0 spiro atoms. The molecule has 0 aliphatic carbocycles. The van der Waals surface area contributed by atoms with Crippen molar-refractivity contribution in [3.05, 3.63) is 59.8 Å². The van der Waals surface area contributed by atoms with Gasteiger partial charge in [-0.05, 0) is 18.2 Å². The summed E-state index contributed by atoms with van der Waals surface area (Å²) < 4.78 is 15.8. The van der Waals surface area contributed by atoms with Crippen molar-refractivity contribution in [1.29, 1.82) is 0 Å². The maximum Gasteiger partial charge on any atom is 0.278 e. The molecule has 0 aromatic heterocycles. The molecule has 3 rings (SSSR count). The summed E-state index contributed by atoms with van der Waals surface area (Å²) in [5.74, 6) is 0.245. The van der Waals surface area contributed by atoms with Gasteiger partial charge in [-0.25, -0.2) is 0 Å². The van der Waals surface area contributed by atoms with Crippen LogP contribution < -0.4 is 14.8 Å². The second-order valence-corrected chi connectivity index (χ2v) is 6.03. The molecule has 2 aromatic carbocycles. The van der Waals surface area contributed by atoms with Gasteiger partial charge in [0.2, 0.25) is 0 Å². The molecule has 0 saturated carbocycles. The normalized spacial score (nSPS) is 13.9. The highest BCUT2D eigenvalue weighted by atomic mass is 16.5. The molecule has 2 aromatic rings. The van der Waals surface area contributed by atoms with E-state index < -0.39 is 11.8 Å². The SMILES string of the molecule is COCCN1C(=O)C(Nc2ccccc2OC)=C(c2ccccc2OC)C1=O. The summed E-state index contributed by atoms with van der Waals surface area (Å²) in [5, 5.41) is 3.09. The lowest BCUT2D eigenvalue weighted by molar-refractivity contribution is -0.137. The van der Waals surface area contributed by atoms with E-state index in [1.165, 1.54) is 19.1 Å². The minimum Gasteiger partial charge on any atom is -0.496 e. The van der Waals surface area contributed by atoms with Gasteiger partial charge in [0.15, 0.2) is 0 Å². The molecule has 1 aliphatic rings. The summed E-state index contributed by atoms with van der Waals surface area (Å²) in [4.78, 5) is 27.3. The Hall–Kier alpha value is -3.32. The monoisotopic (exact) mass is 382 g/mol. The molecule has 146 valence electrons. The molecular formula is C21H22N2O5. The highest BCUT2D eigenvalue weighted by Crippen LogP contribution is 2.36. The number of methoxy groups -OCH3 is 3. The number of carbonyl (C=O) groups is 2. The molecule has 1 aliphatic heterocycles. The molecule has 0 bridgehead atoms. The standard InChI is InChI=1S/C21H22N2O5/c1-26-13-12-23-20(24)18(14-8-4-6-10-16(14)27-2)19(21(23)25)22-15-9-5-7-11-17(15)28-3/h4-11,22H,12-13H2,1-3H3. The van der Waals surface area contributed by atoms with Gasteiger partial charge in [0.25, 0.3) is 11.8 Å². The van der Waals surface area contributed by atoms with Crippen molar-refractivity contribution in [2.24, 2.45) is 0 Å². The van der Waals surface area contributed by atoms with Crippen molar-refractivity contribution < 1.29 is 23.8 Å². The number of carbonyl (C=O) groups excluding carboxylic acids is 2. The third kappa shape index (κ3) is 3.57.